The summed E-state index contributed by atoms with van der Waals surface area (Å²) in [6.07, 6.45) is 0.392. The van der Waals surface area contributed by atoms with Crippen molar-refractivity contribution in [1.82, 2.24) is 10.2 Å². The molecule has 0 aliphatic carbocycles. The lowest BCUT2D eigenvalue weighted by molar-refractivity contribution is -0.149. The molecule has 2 amide bonds. The minimum Gasteiger partial charge on any atom is -0.481 e. The summed E-state index contributed by atoms with van der Waals surface area (Å²) in [4.78, 5) is 35.8. The first-order valence-corrected chi connectivity index (χ1v) is 6.27. The molecule has 1 heterocycles. The van der Waals surface area contributed by atoms with Gasteiger partial charge in [0.2, 0.25) is 11.8 Å². The Kier molecular flexibility index (Phi) is 5.75. The van der Waals surface area contributed by atoms with Crippen molar-refractivity contribution in [1.29, 1.82) is 0 Å². The molecular weight excluding hydrogens is 252 g/mol. The largest absolute Gasteiger partial charge is 0.481 e. The number of aliphatic carboxylic acids is 1. The number of carbonyl (C=O) groups is 3. The molecule has 0 bridgehead atoms. The van der Waals surface area contributed by atoms with Gasteiger partial charge in [-0.2, -0.15) is 0 Å². The van der Waals surface area contributed by atoms with Crippen LogP contribution in [-0.2, 0) is 19.1 Å². The van der Waals surface area contributed by atoms with Gasteiger partial charge in [0.05, 0.1) is 12.5 Å². The van der Waals surface area contributed by atoms with Crippen LogP contribution in [0.5, 0.6) is 0 Å². The Labute approximate surface area is 111 Å². The van der Waals surface area contributed by atoms with E-state index in [0.717, 1.165) is 0 Å². The van der Waals surface area contributed by atoms with Crippen LogP contribution in [0.25, 0.3) is 0 Å². The van der Waals surface area contributed by atoms with E-state index in [-0.39, 0.29) is 24.9 Å². The Morgan fingerprint density at radius 1 is 1.58 bits per heavy atom. The maximum Gasteiger partial charge on any atom is 0.305 e. The predicted octanol–water partition coefficient (Wildman–Crippen LogP) is -0.397. The van der Waals surface area contributed by atoms with Gasteiger partial charge in [-0.15, -0.1) is 0 Å². The van der Waals surface area contributed by atoms with E-state index in [9.17, 15) is 14.4 Å². The van der Waals surface area contributed by atoms with E-state index in [1.165, 1.54) is 4.90 Å². The van der Waals surface area contributed by atoms with Crippen molar-refractivity contribution in [3.05, 3.63) is 0 Å². The molecule has 1 saturated heterocycles. The Morgan fingerprint density at radius 2 is 2.26 bits per heavy atom. The van der Waals surface area contributed by atoms with Gasteiger partial charge in [-0.25, -0.2) is 0 Å². The van der Waals surface area contributed by atoms with Crippen molar-refractivity contribution in [3.63, 3.8) is 0 Å². The number of carboxylic acids is 1. The molecule has 0 aromatic heterocycles. The van der Waals surface area contributed by atoms with Gasteiger partial charge in [-0.3, -0.25) is 14.4 Å². The lowest BCUT2D eigenvalue weighted by Gasteiger charge is -2.34. The van der Waals surface area contributed by atoms with Crippen LogP contribution in [0, 0.1) is 0 Å². The van der Waals surface area contributed by atoms with Crippen LogP contribution in [0.4, 0.5) is 0 Å². The number of rotatable bonds is 6. The number of amides is 2. The lowest BCUT2D eigenvalue weighted by Crippen LogP contribution is -2.57. The van der Waals surface area contributed by atoms with E-state index < -0.39 is 17.9 Å². The second-order valence-corrected chi connectivity index (χ2v) is 4.58. The number of hydrogen-bond acceptors (Lipinski definition) is 4. The summed E-state index contributed by atoms with van der Waals surface area (Å²) in [5.74, 6) is -1.70. The second kappa shape index (κ2) is 7.08. The molecular formula is C12H20N2O5. The van der Waals surface area contributed by atoms with Gasteiger partial charge < -0.3 is 20.1 Å². The quantitative estimate of drug-likeness (QED) is 0.686. The molecule has 1 aliphatic rings. The lowest BCUT2D eigenvalue weighted by atomic mass is 10.1. The van der Waals surface area contributed by atoms with Crippen molar-refractivity contribution in [3.8, 4) is 0 Å². The standard InChI is InChI=1S/C12H20N2O5/c1-8(19-2)3-4-10(15)14-6-5-13-12(18)9(14)7-11(16)17/h8-9H,3-7H2,1-2H3,(H,13,18)(H,16,17). The number of piperazine rings is 1. The smallest absolute Gasteiger partial charge is 0.305 e. The molecule has 0 saturated carbocycles. The average molecular weight is 272 g/mol. The molecule has 1 aliphatic heterocycles. The highest BCUT2D eigenvalue weighted by molar-refractivity contribution is 5.91. The van der Waals surface area contributed by atoms with Crippen molar-refractivity contribution < 1.29 is 24.2 Å². The highest BCUT2D eigenvalue weighted by Gasteiger charge is 2.34. The summed E-state index contributed by atoms with van der Waals surface area (Å²) in [7, 11) is 1.57. The Bertz CT molecular complexity index is 358. The van der Waals surface area contributed by atoms with E-state index in [2.05, 4.69) is 5.32 Å². The molecule has 0 radical (unpaired) electrons. The van der Waals surface area contributed by atoms with E-state index in [1.807, 2.05) is 6.92 Å². The van der Waals surface area contributed by atoms with E-state index in [4.69, 9.17) is 9.84 Å². The molecule has 1 fully saturated rings. The van der Waals surface area contributed by atoms with Crippen LogP contribution < -0.4 is 5.32 Å². The fourth-order valence-corrected chi connectivity index (χ4v) is 1.97. The van der Waals surface area contributed by atoms with Gasteiger partial charge in [0.15, 0.2) is 0 Å². The van der Waals surface area contributed by atoms with Gasteiger partial charge in [-0.05, 0) is 13.3 Å². The zero-order valence-corrected chi connectivity index (χ0v) is 11.2. The van der Waals surface area contributed by atoms with Gasteiger partial charge in [0, 0.05) is 26.6 Å². The zero-order chi connectivity index (χ0) is 14.4. The van der Waals surface area contributed by atoms with Crippen molar-refractivity contribution in [2.24, 2.45) is 0 Å². The van der Waals surface area contributed by atoms with E-state index >= 15 is 0 Å². The van der Waals surface area contributed by atoms with Crippen molar-refractivity contribution >= 4 is 17.8 Å². The number of carboxylic acid groups (broad SMARTS) is 1. The molecule has 0 spiro atoms. The predicted molar refractivity (Wildman–Crippen MR) is 66.5 cm³/mol. The van der Waals surface area contributed by atoms with Crippen LogP contribution in [0.15, 0.2) is 0 Å². The van der Waals surface area contributed by atoms with Crippen LogP contribution in [0.2, 0.25) is 0 Å². The molecule has 108 valence electrons. The van der Waals surface area contributed by atoms with Gasteiger partial charge in [0.1, 0.15) is 6.04 Å². The number of carbonyl (C=O) groups excluding carboxylic acids is 2. The third kappa shape index (κ3) is 4.51. The van der Waals surface area contributed by atoms with Crippen LogP contribution >= 0.6 is 0 Å². The van der Waals surface area contributed by atoms with Crippen LogP contribution in [0.1, 0.15) is 26.2 Å². The monoisotopic (exact) mass is 272 g/mol. The molecule has 0 aromatic carbocycles. The number of methoxy groups -OCH3 is 1. The molecule has 1 rings (SSSR count). The summed E-state index contributed by atoms with van der Waals surface area (Å²) in [6, 6.07) is -0.906. The Hall–Kier alpha value is -1.63. The number of hydrogen-bond donors (Lipinski definition) is 2. The van der Waals surface area contributed by atoms with E-state index in [1.54, 1.807) is 7.11 Å². The highest BCUT2D eigenvalue weighted by Crippen LogP contribution is 2.13. The summed E-state index contributed by atoms with van der Waals surface area (Å²) >= 11 is 0. The molecule has 19 heavy (non-hydrogen) atoms. The fraction of sp³-hybridized carbons (Fsp3) is 0.750. The van der Waals surface area contributed by atoms with Gasteiger partial charge in [-0.1, -0.05) is 0 Å². The molecule has 2 atom stereocenters. The minimum absolute atomic E-state index is 0.0412. The SMILES string of the molecule is COC(C)CCC(=O)N1CCNC(=O)C1CC(=O)O. The maximum absolute atomic E-state index is 12.1. The third-order valence-electron chi connectivity index (χ3n) is 3.19. The first-order valence-electron chi connectivity index (χ1n) is 6.27. The number of nitrogens with zero attached hydrogens (tertiary/aromatic N) is 1. The summed E-state index contributed by atoms with van der Waals surface area (Å²) in [5, 5.41) is 11.4. The van der Waals surface area contributed by atoms with Crippen LogP contribution in [-0.4, -0.2) is 60.1 Å². The van der Waals surface area contributed by atoms with Crippen LogP contribution in [0.3, 0.4) is 0 Å². The Morgan fingerprint density at radius 3 is 2.84 bits per heavy atom. The summed E-state index contributed by atoms with van der Waals surface area (Å²) in [5.41, 5.74) is 0. The molecule has 7 nitrogen and oxygen atoms in total. The molecule has 2 unspecified atom stereocenters. The van der Waals surface area contributed by atoms with Crippen molar-refractivity contribution in [2.75, 3.05) is 20.2 Å². The summed E-state index contributed by atoms with van der Waals surface area (Å²) in [6.45, 7) is 2.56. The summed E-state index contributed by atoms with van der Waals surface area (Å²) < 4.78 is 5.06. The topological polar surface area (TPSA) is 95.9 Å². The maximum atomic E-state index is 12.1. The number of ether oxygens (including phenoxy) is 1. The first kappa shape index (κ1) is 15.4. The van der Waals surface area contributed by atoms with Crippen molar-refractivity contribution in [2.45, 2.75) is 38.3 Å². The number of nitrogens with one attached hydrogen (secondary N) is 1. The Balaban J connectivity index is 2.63. The zero-order valence-electron chi connectivity index (χ0n) is 11.2. The third-order valence-corrected chi connectivity index (χ3v) is 3.19. The highest BCUT2D eigenvalue weighted by atomic mass is 16.5. The average Bonchev–Trinajstić information content (AvgIpc) is 2.37. The van der Waals surface area contributed by atoms with Gasteiger partial charge in [0.25, 0.3) is 0 Å². The normalized spacial score (nSPS) is 20.8. The van der Waals surface area contributed by atoms with E-state index in [0.29, 0.717) is 19.5 Å². The molecule has 7 heteroatoms. The van der Waals surface area contributed by atoms with Gasteiger partial charge >= 0.3 is 5.97 Å². The molecule has 2 N–H and O–H groups in total. The second-order valence-electron chi connectivity index (χ2n) is 4.58. The molecule has 0 aromatic rings. The fourth-order valence-electron chi connectivity index (χ4n) is 1.97. The minimum atomic E-state index is -1.09. The first-order chi connectivity index (χ1) is 8.95.